The summed E-state index contributed by atoms with van der Waals surface area (Å²) in [5, 5.41) is 15.9. The lowest BCUT2D eigenvalue weighted by Crippen LogP contribution is -2.20. The van der Waals surface area contributed by atoms with E-state index in [0.29, 0.717) is 0 Å². The first kappa shape index (κ1) is 14.0. The first-order valence-electron chi connectivity index (χ1n) is 6.45. The third-order valence-corrected chi connectivity index (χ3v) is 3.64. The van der Waals surface area contributed by atoms with Gasteiger partial charge in [0, 0.05) is 31.2 Å². The molecule has 0 aromatic carbocycles. The molecule has 8 heteroatoms. The third-order valence-electron chi connectivity index (χ3n) is 2.60. The molecule has 0 aliphatic rings. The Balaban J connectivity index is 1.69. The number of nitrogens with one attached hydrogen (secondary N) is 1. The quantitative estimate of drug-likeness (QED) is 0.538. The molecule has 2 rings (SSSR count). The summed E-state index contributed by atoms with van der Waals surface area (Å²) in [6.45, 7) is 5.74. The fourth-order valence-corrected chi connectivity index (χ4v) is 2.46. The minimum absolute atomic E-state index is 0.810. The second-order valence-electron chi connectivity index (χ2n) is 4.04. The maximum atomic E-state index is 4.05. The van der Waals surface area contributed by atoms with E-state index in [1.807, 2.05) is 17.2 Å². The summed E-state index contributed by atoms with van der Waals surface area (Å²) in [5.74, 6) is 1.000. The van der Waals surface area contributed by atoms with Gasteiger partial charge >= 0.3 is 0 Å². The van der Waals surface area contributed by atoms with Crippen LogP contribution in [0.5, 0.6) is 0 Å². The van der Waals surface area contributed by atoms with Gasteiger partial charge in [-0.3, -0.25) is 0 Å². The van der Waals surface area contributed by atoms with E-state index in [4.69, 9.17) is 0 Å². The van der Waals surface area contributed by atoms with E-state index in [0.717, 1.165) is 43.5 Å². The van der Waals surface area contributed by atoms with Gasteiger partial charge in [-0.05, 0) is 23.4 Å². The molecule has 0 bridgehead atoms. The predicted molar refractivity (Wildman–Crippen MR) is 73.9 cm³/mol. The Kier molecular flexibility index (Phi) is 5.83. The molecule has 0 aliphatic carbocycles. The molecule has 0 saturated carbocycles. The van der Waals surface area contributed by atoms with Crippen LogP contribution in [0.4, 0.5) is 0 Å². The minimum atomic E-state index is 0.810. The van der Waals surface area contributed by atoms with Crippen LogP contribution < -0.4 is 5.32 Å². The molecule has 19 heavy (non-hydrogen) atoms. The standard InChI is InChI=1S/C11H19N7S/c1-2-12-5-8-18-11(14-15-16-18)19-9-3-6-17-7-4-13-10-17/h4,7,10,12H,2-3,5-6,8-9H2,1H3. The van der Waals surface area contributed by atoms with Crippen LogP contribution in [0.15, 0.2) is 23.9 Å². The van der Waals surface area contributed by atoms with Gasteiger partial charge in [0.25, 0.3) is 0 Å². The highest BCUT2D eigenvalue weighted by Gasteiger charge is 2.05. The van der Waals surface area contributed by atoms with Crippen molar-refractivity contribution in [3.8, 4) is 0 Å². The number of nitrogens with zero attached hydrogens (tertiary/aromatic N) is 6. The van der Waals surface area contributed by atoms with E-state index in [9.17, 15) is 0 Å². The molecule has 0 amide bonds. The summed E-state index contributed by atoms with van der Waals surface area (Å²) in [6.07, 6.45) is 6.69. The van der Waals surface area contributed by atoms with Gasteiger partial charge in [-0.1, -0.05) is 18.7 Å². The van der Waals surface area contributed by atoms with Crippen molar-refractivity contribution in [2.24, 2.45) is 0 Å². The minimum Gasteiger partial charge on any atom is -0.337 e. The Morgan fingerprint density at radius 1 is 1.37 bits per heavy atom. The molecule has 7 nitrogen and oxygen atoms in total. The van der Waals surface area contributed by atoms with E-state index in [-0.39, 0.29) is 0 Å². The molecular weight excluding hydrogens is 262 g/mol. The number of imidazole rings is 1. The SMILES string of the molecule is CCNCCn1nnnc1SCCCn1ccnc1. The molecule has 0 aliphatic heterocycles. The van der Waals surface area contributed by atoms with Crippen LogP contribution in [0, 0.1) is 0 Å². The second kappa shape index (κ2) is 7.90. The van der Waals surface area contributed by atoms with Gasteiger partial charge in [-0.15, -0.1) is 5.10 Å². The molecule has 0 saturated heterocycles. The first-order chi connectivity index (χ1) is 9.40. The number of rotatable bonds is 9. The molecule has 0 fully saturated rings. The summed E-state index contributed by atoms with van der Waals surface area (Å²) >= 11 is 1.70. The highest BCUT2D eigenvalue weighted by Crippen LogP contribution is 2.14. The van der Waals surface area contributed by atoms with Crippen molar-refractivity contribution in [2.45, 2.75) is 31.6 Å². The van der Waals surface area contributed by atoms with Crippen molar-refractivity contribution in [3.05, 3.63) is 18.7 Å². The van der Waals surface area contributed by atoms with E-state index < -0.39 is 0 Å². The maximum absolute atomic E-state index is 4.05. The van der Waals surface area contributed by atoms with Gasteiger partial charge in [0.1, 0.15) is 0 Å². The maximum Gasteiger partial charge on any atom is 0.209 e. The number of hydrogen-bond donors (Lipinski definition) is 1. The van der Waals surface area contributed by atoms with Gasteiger partial charge in [0.15, 0.2) is 0 Å². The zero-order chi connectivity index (χ0) is 13.3. The van der Waals surface area contributed by atoms with Gasteiger partial charge in [0.05, 0.1) is 12.9 Å². The topological polar surface area (TPSA) is 73.5 Å². The number of tetrazole rings is 1. The molecule has 0 spiro atoms. The van der Waals surface area contributed by atoms with Crippen LogP contribution >= 0.6 is 11.8 Å². The fraction of sp³-hybridized carbons (Fsp3) is 0.636. The summed E-state index contributed by atoms with van der Waals surface area (Å²) in [4.78, 5) is 4.02. The molecule has 104 valence electrons. The zero-order valence-corrected chi connectivity index (χ0v) is 11.9. The van der Waals surface area contributed by atoms with Crippen LogP contribution in [0.2, 0.25) is 0 Å². The Bertz CT molecular complexity index is 453. The molecule has 1 N–H and O–H groups in total. The van der Waals surface area contributed by atoms with E-state index in [2.05, 4.69) is 37.3 Å². The Morgan fingerprint density at radius 2 is 2.32 bits per heavy atom. The number of hydrogen-bond acceptors (Lipinski definition) is 6. The number of likely N-dealkylation sites (N-methyl/N-ethyl adjacent to an activating group) is 1. The average Bonchev–Trinajstić information content (AvgIpc) is 3.06. The summed E-state index contributed by atoms with van der Waals surface area (Å²) in [6, 6.07) is 0. The second-order valence-corrected chi connectivity index (χ2v) is 5.10. The number of aromatic nitrogens is 6. The predicted octanol–water partition coefficient (Wildman–Crippen LogP) is 0.661. The largest absolute Gasteiger partial charge is 0.337 e. The average molecular weight is 281 g/mol. The Morgan fingerprint density at radius 3 is 3.11 bits per heavy atom. The lowest BCUT2D eigenvalue weighted by molar-refractivity contribution is 0.517. The van der Waals surface area contributed by atoms with Gasteiger partial charge in [0.2, 0.25) is 5.16 Å². The summed E-state index contributed by atoms with van der Waals surface area (Å²) < 4.78 is 3.93. The molecular formula is C11H19N7S. The molecule has 2 aromatic heterocycles. The highest BCUT2D eigenvalue weighted by molar-refractivity contribution is 7.99. The van der Waals surface area contributed by atoms with Crippen LogP contribution in [-0.2, 0) is 13.1 Å². The smallest absolute Gasteiger partial charge is 0.209 e. The number of thioether (sulfide) groups is 1. The molecule has 0 radical (unpaired) electrons. The van der Waals surface area contributed by atoms with Crippen molar-refractivity contribution in [1.29, 1.82) is 0 Å². The highest BCUT2D eigenvalue weighted by atomic mass is 32.2. The van der Waals surface area contributed by atoms with Crippen LogP contribution in [0.3, 0.4) is 0 Å². The van der Waals surface area contributed by atoms with E-state index in [1.54, 1.807) is 18.0 Å². The monoisotopic (exact) mass is 281 g/mol. The molecule has 0 atom stereocenters. The number of aryl methyl sites for hydroxylation is 1. The van der Waals surface area contributed by atoms with Crippen LogP contribution in [-0.4, -0.2) is 48.6 Å². The van der Waals surface area contributed by atoms with Gasteiger partial charge in [-0.25, -0.2) is 9.67 Å². The molecule has 2 heterocycles. The van der Waals surface area contributed by atoms with Crippen molar-refractivity contribution in [1.82, 2.24) is 35.1 Å². The summed E-state index contributed by atoms with van der Waals surface area (Å²) in [7, 11) is 0. The van der Waals surface area contributed by atoms with Crippen molar-refractivity contribution in [3.63, 3.8) is 0 Å². The van der Waals surface area contributed by atoms with Gasteiger partial charge in [-0.2, -0.15) is 0 Å². The molecule has 0 unspecified atom stereocenters. The third kappa shape index (κ3) is 4.64. The van der Waals surface area contributed by atoms with Crippen molar-refractivity contribution >= 4 is 11.8 Å². The lowest BCUT2D eigenvalue weighted by atomic mass is 10.5. The van der Waals surface area contributed by atoms with E-state index >= 15 is 0 Å². The lowest BCUT2D eigenvalue weighted by Gasteiger charge is -2.05. The van der Waals surface area contributed by atoms with Gasteiger partial charge < -0.3 is 9.88 Å². The Labute approximate surface area is 116 Å². The Hall–Kier alpha value is -1.41. The van der Waals surface area contributed by atoms with Crippen molar-refractivity contribution in [2.75, 3.05) is 18.8 Å². The normalized spacial score (nSPS) is 11.0. The van der Waals surface area contributed by atoms with Crippen LogP contribution in [0.25, 0.3) is 0 Å². The zero-order valence-electron chi connectivity index (χ0n) is 11.1. The first-order valence-corrected chi connectivity index (χ1v) is 7.44. The van der Waals surface area contributed by atoms with E-state index in [1.165, 1.54) is 0 Å². The summed E-state index contributed by atoms with van der Waals surface area (Å²) in [5.41, 5.74) is 0. The molecule has 2 aromatic rings. The van der Waals surface area contributed by atoms with Crippen molar-refractivity contribution < 1.29 is 0 Å². The van der Waals surface area contributed by atoms with Crippen LogP contribution in [0.1, 0.15) is 13.3 Å². The fourth-order valence-electron chi connectivity index (χ4n) is 1.63.